The number of carbonyl (C=O) groups is 2. The lowest BCUT2D eigenvalue weighted by Gasteiger charge is -2.26. The average molecular weight is 253 g/mol. The number of amides is 1. The van der Waals surface area contributed by atoms with Crippen LogP contribution >= 0.6 is 0 Å². The van der Waals surface area contributed by atoms with E-state index >= 15 is 0 Å². The summed E-state index contributed by atoms with van der Waals surface area (Å²) in [7, 11) is 0. The Morgan fingerprint density at radius 1 is 1.44 bits per heavy atom. The highest BCUT2D eigenvalue weighted by molar-refractivity contribution is 5.82. The molecule has 0 aromatic rings. The molecule has 5 heteroatoms. The predicted octanol–water partition coefficient (Wildman–Crippen LogP) is 2.24. The molecule has 0 bridgehead atoms. The van der Waals surface area contributed by atoms with E-state index in [0.29, 0.717) is 12.8 Å². The number of allylic oxidation sites excluding steroid dienone is 1. The smallest absolute Gasteiger partial charge is 0.416 e. The average Bonchev–Trinajstić information content (AvgIpc) is 2.71. The van der Waals surface area contributed by atoms with Gasteiger partial charge in [-0.2, -0.15) is 0 Å². The van der Waals surface area contributed by atoms with Crippen LogP contribution in [-0.2, 0) is 14.3 Å². The highest BCUT2D eigenvalue weighted by Gasteiger charge is 2.41. The summed E-state index contributed by atoms with van der Waals surface area (Å²) in [5, 5.41) is 0. The Hall–Kier alpha value is -1.78. The molecule has 0 aromatic heterocycles. The summed E-state index contributed by atoms with van der Waals surface area (Å²) >= 11 is 0. The summed E-state index contributed by atoms with van der Waals surface area (Å²) in [5.41, 5.74) is 0. The van der Waals surface area contributed by atoms with Crippen molar-refractivity contribution in [3.8, 4) is 0 Å². The van der Waals surface area contributed by atoms with E-state index < -0.39 is 18.1 Å². The Bertz CT molecular complexity index is 364. The summed E-state index contributed by atoms with van der Waals surface area (Å²) in [6, 6.07) is -0.800. The van der Waals surface area contributed by atoms with Crippen LogP contribution < -0.4 is 0 Å². The number of esters is 1. The van der Waals surface area contributed by atoms with E-state index in [-0.39, 0.29) is 18.4 Å². The molecule has 5 nitrogen and oxygen atoms in total. The molecule has 0 radical (unpaired) electrons. The lowest BCUT2D eigenvalue weighted by Crippen LogP contribution is -2.45. The van der Waals surface area contributed by atoms with E-state index in [2.05, 4.69) is 13.2 Å². The molecule has 1 unspecified atom stereocenters. The second kappa shape index (κ2) is 6.23. The van der Waals surface area contributed by atoms with Crippen molar-refractivity contribution >= 4 is 12.1 Å². The van der Waals surface area contributed by atoms with Crippen molar-refractivity contribution in [3.63, 3.8) is 0 Å². The van der Waals surface area contributed by atoms with Gasteiger partial charge in [0.15, 0.2) is 0 Å². The lowest BCUT2D eigenvalue weighted by molar-refractivity contribution is -0.148. The van der Waals surface area contributed by atoms with Crippen molar-refractivity contribution in [3.05, 3.63) is 25.0 Å². The highest BCUT2D eigenvalue weighted by Crippen LogP contribution is 2.27. The summed E-state index contributed by atoms with van der Waals surface area (Å²) in [4.78, 5) is 25.1. The molecule has 1 aliphatic heterocycles. The largest absolute Gasteiger partial charge is 0.464 e. The molecule has 1 rings (SSSR count). The normalized spacial score (nSPS) is 22.4. The van der Waals surface area contributed by atoms with Crippen molar-refractivity contribution in [2.24, 2.45) is 0 Å². The van der Waals surface area contributed by atoms with Gasteiger partial charge in [0, 0.05) is 0 Å². The van der Waals surface area contributed by atoms with Crippen LogP contribution in [-0.4, -0.2) is 35.7 Å². The number of likely N-dealkylation sites (tertiary alicyclic amines) is 1. The van der Waals surface area contributed by atoms with Gasteiger partial charge >= 0.3 is 12.1 Å². The van der Waals surface area contributed by atoms with Gasteiger partial charge in [-0.05, 0) is 26.7 Å². The molecule has 1 fully saturated rings. The van der Waals surface area contributed by atoms with Gasteiger partial charge in [-0.3, -0.25) is 4.90 Å². The fourth-order valence-electron chi connectivity index (χ4n) is 2.00. The lowest BCUT2D eigenvalue weighted by atomic mass is 10.2. The topological polar surface area (TPSA) is 55.8 Å². The van der Waals surface area contributed by atoms with Crippen LogP contribution in [0.3, 0.4) is 0 Å². The maximum atomic E-state index is 11.9. The summed E-state index contributed by atoms with van der Waals surface area (Å²) < 4.78 is 9.92. The van der Waals surface area contributed by atoms with Crippen molar-refractivity contribution in [1.82, 2.24) is 4.90 Å². The molecule has 1 heterocycles. The van der Waals surface area contributed by atoms with E-state index in [1.54, 1.807) is 19.9 Å². The molecule has 1 amide bonds. The number of nitrogens with zero attached hydrogens (tertiary/aromatic N) is 1. The summed E-state index contributed by atoms with van der Waals surface area (Å²) in [6.07, 6.45) is 2.29. The standard InChI is InChI=1S/C13H19NO4/c1-5-10-7-8-11(12(15)17-6-2)14(10)13(16)18-9(3)4/h5,10-11H,1,3,6-8H2,2,4H3/t10?,11-/m0/s1. The van der Waals surface area contributed by atoms with E-state index in [9.17, 15) is 9.59 Å². The molecule has 1 aliphatic rings. The van der Waals surface area contributed by atoms with Crippen molar-refractivity contribution < 1.29 is 19.1 Å². The molecule has 2 atom stereocenters. The number of rotatable bonds is 4. The minimum Gasteiger partial charge on any atom is -0.464 e. The molecular weight excluding hydrogens is 234 g/mol. The Balaban J connectivity index is 2.84. The fourth-order valence-corrected chi connectivity index (χ4v) is 2.00. The molecule has 18 heavy (non-hydrogen) atoms. The minimum atomic E-state index is -0.597. The third kappa shape index (κ3) is 3.12. The first-order valence-corrected chi connectivity index (χ1v) is 5.96. The van der Waals surface area contributed by atoms with E-state index in [1.165, 1.54) is 4.90 Å². The fraction of sp³-hybridized carbons (Fsp3) is 0.538. The van der Waals surface area contributed by atoms with Gasteiger partial charge < -0.3 is 9.47 Å². The quantitative estimate of drug-likeness (QED) is 0.438. The van der Waals surface area contributed by atoms with Crippen molar-refractivity contribution in [2.75, 3.05) is 6.61 Å². The van der Waals surface area contributed by atoms with E-state index in [0.717, 1.165) is 0 Å². The Morgan fingerprint density at radius 3 is 2.61 bits per heavy atom. The zero-order valence-electron chi connectivity index (χ0n) is 10.8. The van der Waals surface area contributed by atoms with Gasteiger partial charge in [-0.1, -0.05) is 12.7 Å². The van der Waals surface area contributed by atoms with Gasteiger partial charge in [0.05, 0.1) is 18.4 Å². The van der Waals surface area contributed by atoms with Gasteiger partial charge in [-0.25, -0.2) is 9.59 Å². The van der Waals surface area contributed by atoms with E-state index in [4.69, 9.17) is 9.47 Å². The van der Waals surface area contributed by atoms with Gasteiger partial charge in [0.2, 0.25) is 0 Å². The maximum absolute atomic E-state index is 11.9. The van der Waals surface area contributed by atoms with Crippen LogP contribution in [0.25, 0.3) is 0 Å². The van der Waals surface area contributed by atoms with Crippen molar-refractivity contribution in [2.45, 2.75) is 38.8 Å². The Morgan fingerprint density at radius 2 is 2.11 bits per heavy atom. The Labute approximate surface area is 107 Å². The third-order valence-corrected chi connectivity index (χ3v) is 2.73. The number of hydrogen-bond donors (Lipinski definition) is 0. The van der Waals surface area contributed by atoms with Crippen LogP contribution in [0.2, 0.25) is 0 Å². The van der Waals surface area contributed by atoms with Crippen LogP contribution in [0.15, 0.2) is 25.0 Å². The number of carbonyl (C=O) groups excluding carboxylic acids is 2. The molecule has 0 saturated carbocycles. The zero-order chi connectivity index (χ0) is 13.7. The maximum Gasteiger partial charge on any atom is 0.416 e. The molecule has 0 spiro atoms. The van der Waals surface area contributed by atoms with Crippen LogP contribution in [0.5, 0.6) is 0 Å². The van der Waals surface area contributed by atoms with Gasteiger partial charge in [-0.15, -0.1) is 6.58 Å². The van der Waals surface area contributed by atoms with Crippen LogP contribution in [0, 0.1) is 0 Å². The summed E-state index contributed by atoms with van der Waals surface area (Å²) in [6.45, 7) is 10.8. The van der Waals surface area contributed by atoms with Crippen molar-refractivity contribution in [1.29, 1.82) is 0 Å². The van der Waals surface area contributed by atoms with Crippen LogP contribution in [0.1, 0.15) is 26.7 Å². The van der Waals surface area contributed by atoms with Gasteiger partial charge in [0.1, 0.15) is 6.04 Å². The molecule has 100 valence electrons. The third-order valence-electron chi connectivity index (χ3n) is 2.73. The molecule has 1 saturated heterocycles. The van der Waals surface area contributed by atoms with E-state index in [1.807, 2.05) is 0 Å². The first-order chi connectivity index (χ1) is 8.51. The number of ether oxygens (including phenoxy) is 2. The minimum absolute atomic E-state index is 0.203. The first-order valence-electron chi connectivity index (χ1n) is 5.96. The second-order valence-corrected chi connectivity index (χ2v) is 4.13. The second-order valence-electron chi connectivity index (χ2n) is 4.13. The molecule has 0 aromatic carbocycles. The highest BCUT2D eigenvalue weighted by atomic mass is 16.6. The first kappa shape index (κ1) is 14.3. The molecule has 0 N–H and O–H groups in total. The summed E-state index contributed by atoms with van der Waals surface area (Å²) in [5.74, 6) is -0.113. The van der Waals surface area contributed by atoms with Crippen LogP contribution in [0.4, 0.5) is 4.79 Å². The SMILES string of the molecule is C=CC1CC[C@@H](C(=O)OCC)N1C(=O)OC(=C)C. The zero-order valence-corrected chi connectivity index (χ0v) is 10.8. The predicted molar refractivity (Wildman–Crippen MR) is 66.8 cm³/mol. The van der Waals surface area contributed by atoms with Gasteiger partial charge in [0.25, 0.3) is 0 Å². The Kier molecular flexibility index (Phi) is 4.95. The number of hydrogen-bond acceptors (Lipinski definition) is 4. The molecular formula is C13H19NO4. The monoisotopic (exact) mass is 253 g/mol. The molecule has 0 aliphatic carbocycles.